The van der Waals surface area contributed by atoms with Crippen LogP contribution in [-0.4, -0.2) is 23.9 Å². The van der Waals surface area contributed by atoms with E-state index in [-0.39, 0.29) is 11.8 Å². The lowest BCUT2D eigenvalue weighted by Gasteiger charge is -2.31. The van der Waals surface area contributed by atoms with Gasteiger partial charge in [-0.3, -0.25) is 9.69 Å². The predicted molar refractivity (Wildman–Crippen MR) is 102 cm³/mol. The van der Waals surface area contributed by atoms with Gasteiger partial charge >= 0.3 is 0 Å². The Balaban J connectivity index is 1.45. The second-order valence-electron chi connectivity index (χ2n) is 7.18. The number of aryl methyl sites for hydroxylation is 2. The molecule has 1 aliphatic rings. The molecule has 0 atom stereocenters. The number of carbonyl (C=O) groups excluding carboxylic acids is 1. The molecule has 1 heterocycles. The van der Waals surface area contributed by atoms with Crippen molar-refractivity contribution >= 4 is 5.91 Å². The highest BCUT2D eigenvalue weighted by Gasteiger charge is 2.24. The monoisotopic (exact) mass is 336 g/mol. The van der Waals surface area contributed by atoms with E-state index >= 15 is 0 Å². The number of hydrogen-bond acceptors (Lipinski definition) is 2. The molecule has 3 nitrogen and oxygen atoms in total. The van der Waals surface area contributed by atoms with Gasteiger partial charge < -0.3 is 5.32 Å². The van der Waals surface area contributed by atoms with Crippen molar-refractivity contribution in [3.8, 4) is 0 Å². The fourth-order valence-corrected chi connectivity index (χ4v) is 3.56. The Kier molecular flexibility index (Phi) is 5.87. The third-order valence-corrected chi connectivity index (χ3v) is 5.16. The third kappa shape index (κ3) is 4.93. The molecule has 3 rings (SSSR count). The van der Waals surface area contributed by atoms with E-state index in [9.17, 15) is 4.79 Å². The summed E-state index contributed by atoms with van der Waals surface area (Å²) in [6, 6.07) is 16.9. The molecule has 0 saturated carbocycles. The molecule has 0 unspecified atom stereocenters. The maximum atomic E-state index is 12.5. The van der Waals surface area contributed by atoms with Gasteiger partial charge in [-0.2, -0.15) is 0 Å². The van der Waals surface area contributed by atoms with Crippen molar-refractivity contribution in [1.82, 2.24) is 10.2 Å². The number of likely N-dealkylation sites (tertiary alicyclic amines) is 1. The molecule has 0 spiro atoms. The molecule has 132 valence electrons. The van der Waals surface area contributed by atoms with Gasteiger partial charge in [-0.25, -0.2) is 0 Å². The van der Waals surface area contributed by atoms with E-state index in [1.807, 2.05) is 12.1 Å². The van der Waals surface area contributed by atoms with Crippen LogP contribution in [-0.2, 0) is 17.9 Å². The normalized spacial score (nSPS) is 15.9. The van der Waals surface area contributed by atoms with E-state index in [1.165, 1.54) is 22.3 Å². The van der Waals surface area contributed by atoms with E-state index in [4.69, 9.17) is 0 Å². The average molecular weight is 336 g/mol. The Labute approximate surface area is 151 Å². The van der Waals surface area contributed by atoms with Crippen LogP contribution in [0.3, 0.4) is 0 Å². The van der Waals surface area contributed by atoms with Gasteiger partial charge in [0, 0.05) is 19.0 Å². The first kappa shape index (κ1) is 17.7. The van der Waals surface area contributed by atoms with Crippen LogP contribution >= 0.6 is 0 Å². The molecule has 1 fully saturated rings. The van der Waals surface area contributed by atoms with Crippen LogP contribution in [0.4, 0.5) is 0 Å². The Morgan fingerprint density at radius 1 is 1.08 bits per heavy atom. The molecule has 25 heavy (non-hydrogen) atoms. The minimum absolute atomic E-state index is 0.151. The number of amides is 1. The minimum atomic E-state index is 0.151. The third-order valence-electron chi connectivity index (χ3n) is 5.16. The zero-order valence-electron chi connectivity index (χ0n) is 15.3. The number of carbonyl (C=O) groups is 1. The van der Waals surface area contributed by atoms with E-state index in [1.54, 1.807) is 0 Å². The summed E-state index contributed by atoms with van der Waals surface area (Å²) in [7, 11) is 0. The molecule has 0 bridgehead atoms. The molecular weight excluding hydrogens is 308 g/mol. The van der Waals surface area contributed by atoms with Crippen molar-refractivity contribution in [2.75, 3.05) is 13.1 Å². The fourth-order valence-electron chi connectivity index (χ4n) is 3.56. The van der Waals surface area contributed by atoms with Crippen LogP contribution in [0.25, 0.3) is 0 Å². The second kappa shape index (κ2) is 8.30. The Bertz CT molecular complexity index is 717. The number of nitrogens with zero attached hydrogens (tertiary/aromatic N) is 1. The smallest absolute Gasteiger partial charge is 0.223 e. The van der Waals surface area contributed by atoms with Crippen LogP contribution in [0.1, 0.15) is 35.1 Å². The summed E-state index contributed by atoms with van der Waals surface area (Å²) in [5.41, 5.74) is 5.11. The van der Waals surface area contributed by atoms with Gasteiger partial charge in [-0.15, -0.1) is 0 Å². The van der Waals surface area contributed by atoms with E-state index < -0.39 is 0 Å². The van der Waals surface area contributed by atoms with Crippen molar-refractivity contribution in [2.24, 2.45) is 5.92 Å². The van der Waals surface area contributed by atoms with Gasteiger partial charge in [0.15, 0.2) is 0 Å². The summed E-state index contributed by atoms with van der Waals surface area (Å²) in [6.07, 6.45) is 1.90. The highest BCUT2D eigenvalue weighted by Crippen LogP contribution is 2.20. The Morgan fingerprint density at radius 3 is 2.56 bits per heavy atom. The molecule has 0 aromatic heterocycles. The highest BCUT2D eigenvalue weighted by molar-refractivity contribution is 5.78. The minimum Gasteiger partial charge on any atom is -0.352 e. The molecule has 0 aliphatic carbocycles. The summed E-state index contributed by atoms with van der Waals surface area (Å²) in [6.45, 7) is 7.83. The number of hydrogen-bond donors (Lipinski definition) is 1. The Morgan fingerprint density at radius 2 is 1.84 bits per heavy atom. The maximum absolute atomic E-state index is 12.5. The van der Waals surface area contributed by atoms with Crippen molar-refractivity contribution in [2.45, 2.75) is 39.8 Å². The first-order valence-corrected chi connectivity index (χ1v) is 9.22. The quantitative estimate of drug-likeness (QED) is 0.900. The predicted octanol–water partition coefficient (Wildman–Crippen LogP) is 3.83. The van der Waals surface area contributed by atoms with Gasteiger partial charge in [0.2, 0.25) is 5.91 Å². The maximum Gasteiger partial charge on any atom is 0.223 e. The van der Waals surface area contributed by atoms with Gasteiger partial charge in [0.05, 0.1) is 0 Å². The van der Waals surface area contributed by atoms with Crippen LogP contribution < -0.4 is 5.32 Å². The summed E-state index contributed by atoms with van der Waals surface area (Å²) >= 11 is 0. The van der Waals surface area contributed by atoms with E-state index in [2.05, 4.69) is 60.5 Å². The van der Waals surface area contributed by atoms with E-state index in [0.717, 1.165) is 32.5 Å². The largest absolute Gasteiger partial charge is 0.352 e. The van der Waals surface area contributed by atoms with Gasteiger partial charge in [0.25, 0.3) is 0 Å². The van der Waals surface area contributed by atoms with Gasteiger partial charge in [-0.1, -0.05) is 54.1 Å². The van der Waals surface area contributed by atoms with Gasteiger partial charge in [0.1, 0.15) is 0 Å². The van der Waals surface area contributed by atoms with Crippen LogP contribution in [0.15, 0.2) is 48.5 Å². The lowest BCUT2D eigenvalue weighted by atomic mass is 9.95. The summed E-state index contributed by atoms with van der Waals surface area (Å²) in [4.78, 5) is 14.9. The lowest BCUT2D eigenvalue weighted by Crippen LogP contribution is -2.40. The topological polar surface area (TPSA) is 32.3 Å². The van der Waals surface area contributed by atoms with Crippen molar-refractivity contribution in [3.63, 3.8) is 0 Å². The average Bonchev–Trinajstić information content (AvgIpc) is 2.61. The SMILES string of the molecule is Cc1cccc(CN2CCC(C(=O)NCc3ccccc3C)CC2)c1. The standard InChI is InChI=1S/C22H28N2O/c1-17-6-5-8-19(14-17)16-24-12-10-20(11-13-24)22(25)23-15-21-9-4-3-7-18(21)2/h3-9,14,20H,10-13,15-16H2,1-2H3,(H,23,25). The summed E-state index contributed by atoms with van der Waals surface area (Å²) < 4.78 is 0. The fraction of sp³-hybridized carbons (Fsp3) is 0.409. The number of piperidine rings is 1. The molecule has 0 radical (unpaired) electrons. The number of rotatable bonds is 5. The molecule has 2 aromatic rings. The molecule has 1 aliphatic heterocycles. The number of nitrogens with one attached hydrogen (secondary N) is 1. The van der Waals surface area contributed by atoms with Crippen LogP contribution in [0.5, 0.6) is 0 Å². The molecule has 1 N–H and O–H groups in total. The molecule has 2 aromatic carbocycles. The van der Waals surface area contributed by atoms with E-state index in [0.29, 0.717) is 6.54 Å². The zero-order valence-corrected chi connectivity index (χ0v) is 15.3. The summed E-state index contributed by atoms with van der Waals surface area (Å²) in [5, 5.41) is 3.12. The molecule has 3 heteroatoms. The summed E-state index contributed by atoms with van der Waals surface area (Å²) in [5.74, 6) is 0.358. The van der Waals surface area contributed by atoms with Crippen molar-refractivity contribution in [1.29, 1.82) is 0 Å². The second-order valence-corrected chi connectivity index (χ2v) is 7.18. The molecule has 1 saturated heterocycles. The van der Waals surface area contributed by atoms with Crippen LogP contribution in [0, 0.1) is 19.8 Å². The highest BCUT2D eigenvalue weighted by atomic mass is 16.1. The molecular formula is C22H28N2O. The van der Waals surface area contributed by atoms with Crippen molar-refractivity contribution in [3.05, 3.63) is 70.8 Å². The first-order valence-electron chi connectivity index (χ1n) is 9.22. The number of benzene rings is 2. The first-order chi connectivity index (χ1) is 12.1. The van der Waals surface area contributed by atoms with Crippen LogP contribution in [0.2, 0.25) is 0 Å². The molecule has 1 amide bonds. The van der Waals surface area contributed by atoms with Crippen molar-refractivity contribution < 1.29 is 4.79 Å². The Hall–Kier alpha value is -2.13. The lowest BCUT2D eigenvalue weighted by molar-refractivity contribution is -0.126. The van der Waals surface area contributed by atoms with Gasteiger partial charge in [-0.05, 0) is 56.5 Å². The zero-order chi connectivity index (χ0) is 17.6.